The van der Waals surface area contributed by atoms with Gasteiger partial charge in [0.25, 0.3) is 25.8 Å². The van der Waals surface area contributed by atoms with Gasteiger partial charge in [-0.15, -0.1) is 29.9 Å². The number of rotatable bonds is 18. The van der Waals surface area contributed by atoms with Crippen LogP contribution in [0.4, 0.5) is 34.1 Å². The molecule has 24 nitrogen and oxygen atoms in total. The van der Waals surface area contributed by atoms with Gasteiger partial charge in [0.2, 0.25) is 5.88 Å². The van der Waals surface area contributed by atoms with E-state index < -0.39 is 77.6 Å². The zero-order chi connectivity index (χ0) is 44.6. The smallest absolute Gasteiger partial charge is 0.296 e. The summed E-state index contributed by atoms with van der Waals surface area (Å²) in [5.41, 5.74) is -1.60. The fraction of sp³-hybridized carbons (Fsp3) is 0.206. The van der Waals surface area contributed by atoms with E-state index in [-0.39, 0.29) is 87.3 Å². The summed E-state index contributed by atoms with van der Waals surface area (Å²) < 4.78 is 84.8. The Morgan fingerprint density at radius 2 is 1.34 bits per heavy atom. The van der Waals surface area contributed by atoms with Crippen molar-refractivity contribution in [1.82, 2.24) is 4.57 Å². The van der Waals surface area contributed by atoms with Crippen molar-refractivity contribution in [3.63, 3.8) is 0 Å². The molecule has 0 atom stereocenters. The van der Waals surface area contributed by atoms with Crippen LogP contribution in [0.25, 0.3) is 10.8 Å². The lowest BCUT2D eigenvalue weighted by Crippen LogP contribution is -2.18. The average molecular weight is 908 g/mol. The molecule has 0 radical (unpaired) electrons. The van der Waals surface area contributed by atoms with Crippen LogP contribution >= 0.6 is 12.0 Å². The molecule has 0 saturated carbocycles. The molecule has 0 fully saturated rings. The summed E-state index contributed by atoms with van der Waals surface area (Å²) in [5, 5.41) is 87.3. The van der Waals surface area contributed by atoms with E-state index in [9.17, 15) is 56.3 Å². The van der Waals surface area contributed by atoms with E-state index in [0.29, 0.717) is 6.07 Å². The van der Waals surface area contributed by atoms with Crippen LogP contribution in [-0.4, -0.2) is 87.7 Å². The second-order valence-corrected chi connectivity index (χ2v) is 15.6. The maximum Gasteiger partial charge on any atom is 0.296 e. The lowest BCUT2D eigenvalue weighted by atomic mass is 10.1. The van der Waals surface area contributed by atoms with Gasteiger partial charge >= 0.3 is 0 Å². The summed E-state index contributed by atoms with van der Waals surface area (Å²) >= 11 is 0.261. The Morgan fingerprint density at radius 3 is 1.92 bits per heavy atom. The van der Waals surface area contributed by atoms with Crippen molar-refractivity contribution in [2.75, 3.05) is 26.4 Å². The number of ether oxygens (including phenoxy) is 2. The number of pyridine rings is 1. The van der Waals surface area contributed by atoms with E-state index in [4.69, 9.17) is 14.7 Å². The lowest BCUT2D eigenvalue weighted by Gasteiger charge is -2.13. The van der Waals surface area contributed by atoms with Crippen LogP contribution in [0.15, 0.2) is 105 Å². The van der Waals surface area contributed by atoms with Gasteiger partial charge < -0.3 is 35.0 Å². The number of fused-ring (bicyclic) bond motifs is 1. The number of phenols is 2. The molecular weight excluding hydrogens is 875 g/mol. The van der Waals surface area contributed by atoms with Crippen molar-refractivity contribution in [3.05, 3.63) is 70.5 Å². The number of phenolic OH excluding ortho intramolecular Hbond substituents is 2. The van der Waals surface area contributed by atoms with E-state index in [1.807, 2.05) is 0 Å². The van der Waals surface area contributed by atoms with Crippen LogP contribution in [0.2, 0.25) is 0 Å². The summed E-state index contributed by atoms with van der Waals surface area (Å²) in [6.07, 6.45) is 0. The van der Waals surface area contributed by atoms with E-state index in [0.717, 1.165) is 28.8 Å². The summed E-state index contributed by atoms with van der Waals surface area (Å²) in [6.45, 7) is 1.60. The minimum Gasteiger partial charge on any atom is -0.507 e. The molecule has 0 aliphatic heterocycles. The lowest BCUT2D eigenvalue weighted by molar-refractivity contribution is -0.432. The van der Waals surface area contributed by atoms with Crippen molar-refractivity contribution < 1.29 is 75.6 Å². The number of hydrogen-bond acceptors (Lipinski definition) is 22. The van der Waals surface area contributed by atoms with Gasteiger partial charge in [0.1, 0.15) is 63.8 Å². The van der Waals surface area contributed by atoms with Crippen LogP contribution < -0.4 is 15.0 Å². The van der Waals surface area contributed by atoms with Crippen LogP contribution in [-0.2, 0) is 36.2 Å². The van der Waals surface area contributed by atoms with Crippen molar-refractivity contribution in [3.8, 4) is 28.9 Å². The second-order valence-electron chi connectivity index (χ2n) is 12.1. The van der Waals surface area contributed by atoms with E-state index in [2.05, 4.69) is 40.1 Å². The van der Waals surface area contributed by atoms with Gasteiger partial charge in [0.05, 0.1) is 46.1 Å². The van der Waals surface area contributed by atoms with Crippen LogP contribution in [0.3, 0.4) is 0 Å². The fourth-order valence-corrected chi connectivity index (χ4v) is 7.05. The highest BCUT2D eigenvalue weighted by Crippen LogP contribution is 2.49. The summed E-state index contributed by atoms with van der Waals surface area (Å²) in [6, 6.07) is 9.59. The molecule has 0 amide bonds. The standard InChI is InChI=1S/C34H33N7O17S3/c1-3-41-29(45)10-17(2)31(34(41)47)39-35-19-4-5-21(28(13-19)61(52,53)54)36-37-22-15-26(56-9-7-43)23(16-25(22)55-8-6-42)38-40-32-27(59-58-57-48)12-18-11-20(60(49,50)51)14-24(44)30(18)33(32)46/h4-5,10-16,42-44,46-48H,3,6-9H2,1-2H3,(H,49,50,51)(H,52,53,54). The first-order chi connectivity index (χ1) is 28.9. The zero-order valence-electron chi connectivity index (χ0n) is 31.3. The Bertz CT molecular complexity index is 2850. The number of aromatic nitrogens is 1. The predicted octanol–water partition coefficient (Wildman–Crippen LogP) is 6.36. The van der Waals surface area contributed by atoms with Crippen LogP contribution in [0.5, 0.6) is 28.9 Å². The first kappa shape index (κ1) is 45.9. The normalized spacial score (nSPS) is 12.4. The van der Waals surface area contributed by atoms with Gasteiger partial charge in [-0.1, -0.05) is 5.04 Å². The van der Waals surface area contributed by atoms with E-state index in [1.165, 1.54) is 31.2 Å². The van der Waals surface area contributed by atoms with Crippen molar-refractivity contribution in [2.24, 2.45) is 30.7 Å². The number of hydrogen-bond donors (Lipinski definition) is 8. The van der Waals surface area contributed by atoms with Crippen molar-refractivity contribution >= 4 is 77.2 Å². The van der Waals surface area contributed by atoms with Gasteiger partial charge in [-0.2, -0.15) is 21.9 Å². The molecule has 5 rings (SSSR count). The number of aliphatic hydroxyl groups is 2. The molecule has 0 spiro atoms. The first-order valence-corrected chi connectivity index (χ1v) is 20.6. The summed E-state index contributed by atoms with van der Waals surface area (Å²) in [5.74, 6) is -2.40. The van der Waals surface area contributed by atoms with E-state index in [1.54, 1.807) is 6.92 Å². The first-order valence-electron chi connectivity index (χ1n) is 17.0. The largest absolute Gasteiger partial charge is 0.507 e. The Labute approximate surface area is 347 Å². The predicted molar refractivity (Wildman–Crippen MR) is 211 cm³/mol. The highest BCUT2D eigenvalue weighted by Gasteiger charge is 2.23. The topological polar surface area (TPSA) is 363 Å². The quantitative estimate of drug-likeness (QED) is 0.0156. The van der Waals surface area contributed by atoms with Crippen molar-refractivity contribution in [1.29, 1.82) is 0 Å². The molecule has 0 unspecified atom stereocenters. The number of nitrogens with zero attached hydrogens (tertiary/aromatic N) is 7. The third kappa shape index (κ3) is 10.8. The zero-order valence-corrected chi connectivity index (χ0v) is 33.8. The maximum absolute atomic E-state index is 12.5. The molecule has 4 aromatic carbocycles. The third-order valence-corrected chi connectivity index (χ3v) is 10.4. The Balaban J connectivity index is 1.59. The molecular formula is C34H33N7O17S3. The molecule has 324 valence electrons. The highest BCUT2D eigenvalue weighted by molar-refractivity contribution is 7.94. The molecule has 0 aliphatic carbocycles. The third-order valence-electron chi connectivity index (χ3n) is 8.07. The van der Waals surface area contributed by atoms with Gasteiger partial charge in [0, 0.05) is 30.8 Å². The number of aryl methyl sites for hydroxylation is 1. The molecule has 0 aliphatic rings. The number of benzene rings is 4. The van der Waals surface area contributed by atoms with Gasteiger partial charge in [0.15, 0.2) is 5.75 Å². The van der Waals surface area contributed by atoms with E-state index >= 15 is 0 Å². The molecule has 1 aromatic heterocycles. The fourth-order valence-electron chi connectivity index (χ4n) is 5.38. The van der Waals surface area contributed by atoms with Crippen LogP contribution in [0, 0.1) is 6.92 Å². The summed E-state index contributed by atoms with van der Waals surface area (Å²) in [4.78, 5) is 10.5. The molecule has 8 N–H and O–H groups in total. The number of aliphatic hydroxyl groups excluding tert-OH is 2. The van der Waals surface area contributed by atoms with Gasteiger partial charge in [-0.05, 0) is 55.1 Å². The molecule has 5 aromatic rings. The highest BCUT2D eigenvalue weighted by atomic mass is 32.2. The SMILES string of the molecule is CCn1c(O)c(N=Nc2ccc(N=Nc3cc(OCCO)c(N=Nc4c(SOOO)cc5cc(S(=O)(=O)O)cc(O)c5c4O)cc3OCCO)c(S(=O)(=O)O)c2)c(C)cc1=O. The number of azo groups is 3. The minimum absolute atomic E-state index is 0.0638. The maximum atomic E-state index is 12.5. The van der Waals surface area contributed by atoms with Crippen LogP contribution in [0.1, 0.15) is 12.5 Å². The summed E-state index contributed by atoms with van der Waals surface area (Å²) in [7, 11) is -9.81. The minimum atomic E-state index is -5.00. The molecule has 27 heteroatoms. The molecule has 1 heterocycles. The van der Waals surface area contributed by atoms with Gasteiger partial charge in [-0.3, -0.25) is 18.5 Å². The Hall–Kier alpha value is -6.14. The molecule has 0 bridgehead atoms. The Kier molecular flexibility index (Phi) is 14.7. The Morgan fingerprint density at radius 1 is 0.738 bits per heavy atom. The monoisotopic (exact) mass is 907 g/mol. The van der Waals surface area contributed by atoms with Crippen molar-refractivity contribution in [2.45, 2.75) is 35.1 Å². The second kappa shape index (κ2) is 19.5. The molecule has 0 saturated heterocycles. The average Bonchev–Trinajstić information content (AvgIpc) is 3.19. The number of aromatic hydroxyl groups is 3. The molecule has 61 heavy (non-hydrogen) atoms. The van der Waals surface area contributed by atoms with Gasteiger partial charge in [-0.25, -0.2) is 5.26 Å².